The highest BCUT2D eigenvalue weighted by Crippen LogP contribution is 2.32. The van der Waals surface area contributed by atoms with Crippen molar-refractivity contribution in [1.82, 2.24) is 0 Å². The summed E-state index contributed by atoms with van der Waals surface area (Å²) in [6.07, 6.45) is 0.445. The van der Waals surface area contributed by atoms with Crippen molar-refractivity contribution in [2.24, 2.45) is 5.16 Å². The first kappa shape index (κ1) is 16.9. The van der Waals surface area contributed by atoms with Crippen molar-refractivity contribution in [3.63, 3.8) is 0 Å². The van der Waals surface area contributed by atoms with E-state index in [4.69, 9.17) is 4.84 Å². The maximum Gasteiger partial charge on any atom is 0.149 e. The number of nitrogens with zero attached hydrogens (tertiary/aromatic N) is 1. The first-order chi connectivity index (χ1) is 11.5. The van der Waals surface area contributed by atoms with Crippen LogP contribution < -0.4 is 0 Å². The van der Waals surface area contributed by atoms with Gasteiger partial charge in [-0.1, -0.05) is 29.4 Å². The van der Waals surface area contributed by atoms with Crippen LogP contribution in [0.1, 0.15) is 24.5 Å². The average Bonchev–Trinajstić information content (AvgIpc) is 2.93. The molecule has 0 saturated heterocycles. The molecule has 126 valence electrons. The lowest BCUT2D eigenvalue weighted by Crippen LogP contribution is -2.28. The molecule has 2 aromatic carbocycles. The highest BCUT2D eigenvalue weighted by Gasteiger charge is 2.35. The van der Waals surface area contributed by atoms with E-state index in [0.717, 1.165) is 0 Å². The Morgan fingerprint density at radius 1 is 1.04 bits per heavy atom. The summed E-state index contributed by atoms with van der Waals surface area (Å²) in [5, 5.41) is 4.00. The van der Waals surface area contributed by atoms with Gasteiger partial charge in [0.05, 0.1) is 5.71 Å². The summed E-state index contributed by atoms with van der Waals surface area (Å²) in [6, 6.07) is 10.2. The Morgan fingerprint density at radius 2 is 1.71 bits per heavy atom. The van der Waals surface area contributed by atoms with Crippen LogP contribution in [0, 0.1) is 17.5 Å². The molecule has 0 fully saturated rings. The molecule has 2 nitrogen and oxygen atoms in total. The highest BCUT2D eigenvalue weighted by atomic mass is 32.2. The number of thioether (sulfide) groups is 1. The fourth-order valence-corrected chi connectivity index (χ4v) is 3.71. The highest BCUT2D eigenvalue weighted by molar-refractivity contribution is 7.98. The molecular weight excluding hydrogens is 335 g/mol. The summed E-state index contributed by atoms with van der Waals surface area (Å²) >= 11 is 1.36. The van der Waals surface area contributed by atoms with Gasteiger partial charge in [0.25, 0.3) is 0 Å². The summed E-state index contributed by atoms with van der Waals surface area (Å²) in [6.45, 7) is 1.86. The Balaban J connectivity index is 1.60. The third-order valence-electron chi connectivity index (χ3n) is 3.82. The van der Waals surface area contributed by atoms with Crippen LogP contribution >= 0.6 is 11.8 Å². The van der Waals surface area contributed by atoms with Crippen molar-refractivity contribution in [2.45, 2.75) is 24.7 Å². The van der Waals surface area contributed by atoms with Crippen molar-refractivity contribution in [3.05, 3.63) is 71.0 Å². The molecule has 1 heterocycles. The zero-order chi connectivity index (χ0) is 17.2. The topological polar surface area (TPSA) is 21.6 Å². The van der Waals surface area contributed by atoms with E-state index in [1.165, 1.54) is 36.0 Å². The van der Waals surface area contributed by atoms with Crippen molar-refractivity contribution in [1.29, 1.82) is 0 Å². The van der Waals surface area contributed by atoms with E-state index >= 15 is 0 Å². The number of rotatable bonds is 5. The first-order valence-corrected chi connectivity index (χ1v) is 8.64. The minimum Gasteiger partial charge on any atom is -0.388 e. The zero-order valence-electron chi connectivity index (χ0n) is 13.1. The van der Waals surface area contributed by atoms with E-state index in [1.807, 2.05) is 6.92 Å². The molecule has 0 bridgehead atoms. The number of oxime groups is 1. The van der Waals surface area contributed by atoms with Gasteiger partial charge in [-0.2, -0.15) is 11.8 Å². The van der Waals surface area contributed by atoms with Crippen LogP contribution in [0.2, 0.25) is 0 Å². The van der Waals surface area contributed by atoms with Crippen molar-refractivity contribution >= 4 is 17.5 Å². The van der Waals surface area contributed by atoms with Crippen LogP contribution in [0.3, 0.4) is 0 Å². The normalized spacial score (nSPS) is 19.9. The molecule has 0 radical (unpaired) electrons. The van der Waals surface area contributed by atoms with Gasteiger partial charge in [0.15, 0.2) is 0 Å². The molecule has 0 N–H and O–H groups in total. The minimum absolute atomic E-state index is 0.0549. The molecule has 3 rings (SSSR count). The molecule has 0 aliphatic carbocycles. The van der Waals surface area contributed by atoms with Crippen LogP contribution in [0.5, 0.6) is 0 Å². The minimum atomic E-state index is -0.621. The monoisotopic (exact) mass is 351 g/mol. The molecule has 1 aliphatic rings. The third kappa shape index (κ3) is 3.59. The van der Waals surface area contributed by atoms with E-state index in [2.05, 4.69) is 5.16 Å². The Bertz CT molecular complexity index is 760. The molecule has 24 heavy (non-hydrogen) atoms. The molecule has 0 saturated carbocycles. The molecular formula is C18H16F3NOS. The fraction of sp³-hybridized carbons (Fsp3) is 0.278. The van der Waals surface area contributed by atoms with E-state index in [0.29, 0.717) is 23.4 Å². The summed E-state index contributed by atoms with van der Waals surface area (Å²) < 4.78 is 41.1. The van der Waals surface area contributed by atoms with Gasteiger partial charge in [0, 0.05) is 29.1 Å². The fourth-order valence-electron chi connectivity index (χ4n) is 2.54. The van der Waals surface area contributed by atoms with Crippen LogP contribution in [0.4, 0.5) is 13.2 Å². The summed E-state index contributed by atoms with van der Waals surface area (Å²) in [5.74, 6) is -0.758. The number of benzene rings is 2. The van der Waals surface area contributed by atoms with Crippen molar-refractivity contribution in [2.75, 3.05) is 5.75 Å². The zero-order valence-corrected chi connectivity index (χ0v) is 13.9. The van der Waals surface area contributed by atoms with Gasteiger partial charge in [-0.15, -0.1) is 0 Å². The summed E-state index contributed by atoms with van der Waals surface area (Å²) in [4.78, 5) is 5.47. The SMILES string of the molecule is CC1(CSCc2c(F)cccc2F)CC(c2ccccc2F)=NO1. The molecule has 1 atom stereocenters. The second-order valence-electron chi connectivity index (χ2n) is 5.93. The van der Waals surface area contributed by atoms with Crippen molar-refractivity contribution < 1.29 is 18.0 Å². The third-order valence-corrected chi connectivity index (χ3v) is 5.13. The Morgan fingerprint density at radius 3 is 2.42 bits per heavy atom. The van der Waals surface area contributed by atoms with Crippen LogP contribution in [0.15, 0.2) is 47.6 Å². The van der Waals surface area contributed by atoms with Crippen LogP contribution in [-0.4, -0.2) is 17.1 Å². The number of hydrogen-bond acceptors (Lipinski definition) is 3. The van der Waals surface area contributed by atoms with Gasteiger partial charge in [-0.3, -0.25) is 0 Å². The largest absolute Gasteiger partial charge is 0.388 e. The molecule has 0 aromatic heterocycles. The predicted molar refractivity (Wildman–Crippen MR) is 89.6 cm³/mol. The predicted octanol–water partition coefficient (Wildman–Crippen LogP) is 4.92. The van der Waals surface area contributed by atoms with Crippen LogP contribution in [-0.2, 0) is 10.6 Å². The molecule has 0 amide bonds. The van der Waals surface area contributed by atoms with Crippen molar-refractivity contribution in [3.8, 4) is 0 Å². The molecule has 2 aromatic rings. The second kappa shape index (κ2) is 6.89. The summed E-state index contributed by atoms with van der Waals surface area (Å²) in [5.41, 5.74) is 0.406. The lowest BCUT2D eigenvalue weighted by Gasteiger charge is -2.21. The van der Waals surface area contributed by atoms with E-state index < -0.39 is 17.2 Å². The van der Waals surface area contributed by atoms with Gasteiger partial charge in [-0.25, -0.2) is 13.2 Å². The molecule has 1 aliphatic heterocycles. The van der Waals surface area contributed by atoms with Crippen LogP contribution in [0.25, 0.3) is 0 Å². The number of halogens is 3. The molecule has 0 spiro atoms. The van der Waals surface area contributed by atoms with E-state index in [9.17, 15) is 13.2 Å². The lowest BCUT2D eigenvalue weighted by molar-refractivity contribution is 0.0163. The maximum atomic E-state index is 13.8. The number of hydrogen-bond donors (Lipinski definition) is 0. The van der Waals surface area contributed by atoms with Gasteiger partial charge < -0.3 is 4.84 Å². The van der Waals surface area contributed by atoms with Gasteiger partial charge >= 0.3 is 0 Å². The Hall–Kier alpha value is -1.95. The quantitative estimate of drug-likeness (QED) is 0.762. The van der Waals surface area contributed by atoms with E-state index in [-0.39, 0.29) is 17.1 Å². The standard InChI is InChI=1S/C18H16F3NOS/c1-18(11-24-10-13-15(20)7-4-8-16(13)21)9-17(22-23-18)12-5-2-3-6-14(12)19/h2-8H,9-11H2,1H3. The first-order valence-electron chi connectivity index (χ1n) is 7.49. The molecule has 6 heteroatoms. The second-order valence-corrected chi connectivity index (χ2v) is 6.91. The smallest absolute Gasteiger partial charge is 0.149 e. The average molecular weight is 351 g/mol. The Labute approximate surface area is 142 Å². The van der Waals surface area contributed by atoms with Gasteiger partial charge in [-0.05, 0) is 25.1 Å². The Kier molecular flexibility index (Phi) is 4.85. The van der Waals surface area contributed by atoms with Gasteiger partial charge in [0.1, 0.15) is 23.1 Å². The van der Waals surface area contributed by atoms with E-state index in [1.54, 1.807) is 18.2 Å². The summed E-state index contributed by atoms with van der Waals surface area (Å²) in [7, 11) is 0. The maximum absolute atomic E-state index is 13.8. The molecule has 1 unspecified atom stereocenters. The van der Waals surface area contributed by atoms with Gasteiger partial charge in [0.2, 0.25) is 0 Å². The lowest BCUT2D eigenvalue weighted by atomic mass is 9.97.